The number of hydrogen-bond acceptors (Lipinski definition) is 2. The van der Waals surface area contributed by atoms with Crippen LogP contribution in [-0.4, -0.2) is 12.5 Å². The normalized spacial score (nSPS) is 12.0. The zero-order valence-corrected chi connectivity index (χ0v) is 12.3. The fourth-order valence-electron chi connectivity index (χ4n) is 1.92. The predicted molar refractivity (Wildman–Crippen MR) is 82.9 cm³/mol. The Morgan fingerprint density at radius 1 is 1.19 bits per heavy atom. The van der Waals surface area contributed by atoms with Gasteiger partial charge in [-0.15, -0.1) is 0 Å². The van der Waals surface area contributed by atoms with Crippen LogP contribution in [0.1, 0.15) is 18.5 Å². The molecule has 110 valence electrons. The fourth-order valence-corrected chi connectivity index (χ4v) is 2.22. The third-order valence-corrected chi connectivity index (χ3v) is 3.41. The zero-order valence-electron chi connectivity index (χ0n) is 11.6. The highest BCUT2D eigenvalue weighted by Crippen LogP contribution is 2.21. The molecule has 0 aliphatic carbocycles. The van der Waals surface area contributed by atoms with E-state index in [-0.39, 0.29) is 24.3 Å². The lowest BCUT2D eigenvalue weighted by atomic mass is 10.1. The van der Waals surface area contributed by atoms with Crippen LogP contribution in [0, 0.1) is 5.82 Å². The minimum absolute atomic E-state index is 0.0438. The molecule has 2 aromatic carbocycles. The molecule has 0 heterocycles. The summed E-state index contributed by atoms with van der Waals surface area (Å²) < 4.78 is 12.8. The van der Waals surface area contributed by atoms with Gasteiger partial charge in [0.2, 0.25) is 5.91 Å². The number of carbonyl (C=O) groups is 1. The van der Waals surface area contributed by atoms with Crippen LogP contribution in [0.5, 0.6) is 0 Å². The number of benzene rings is 2. The lowest BCUT2D eigenvalue weighted by Gasteiger charge is -2.15. The quantitative estimate of drug-likeness (QED) is 0.883. The van der Waals surface area contributed by atoms with Crippen LogP contribution in [-0.2, 0) is 4.79 Å². The molecule has 1 atom stereocenters. The maximum absolute atomic E-state index is 12.8. The van der Waals surface area contributed by atoms with E-state index in [4.69, 9.17) is 11.6 Å². The third-order valence-electron chi connectivity index (χ3n) is 3.07. The first-order chi connectivity index (χ1) is 10.1. The van der Waals surface area contributed by atoms with Crippen molar-refractivity contribution in [3.63, 3.8) is 0 Å². The van der Waals surface area contributed by atoms with Crippen LogP contribution in [0.25, 0.3) is 0 Å². The van der Waals surface area contributed by atoms with Gasteiger partial charge in [-0.1, -0.05) is 29.8 Å². The summed E-state index contributed by atoms with van der Waals surface area (Å²) in [6, 6.07) is 13.1. The van der Waals surface area contributed by atoms with Crippen LogP contribution in [0.2, 0.25) is 5.02 Å². The Bertz CT molecular complexity index is 616. The molecule has 21 heavy (non-hydrogen) atoms. The topological polar surface area (TPSA) is 41.1 Å². The molecule has 0 aliphatic rings. The lowest BCUT2D eigenvalue weighted by Crippen LogP contribution is -2.30. The highest BCUT2D eigenvalue weighted by atomic mass is 35.5. The van der Waals surface area contributed by atoms with Crippen LogP contribution >= 0.6 is 11.6 Å². The van der Waals surface area contributed by atoms with E-state index in [9.17, 15) is 9.18 Å². The van der Waals surface area contributed by atoms with Gasteiger partial charge in [0.05, 0.1) is 6.54 Å². The Morgan fingerprint density at radius 3 is 2.52 bits per heavy atom. The van der Waals surface area contributed by atoms with Gasteiger partial charge in [0, 0.05) is 16.8 Å². The van der Waals surface area contributed by atoms with Gasteiger partial charge in [0.25, 0.3) is 0 Å². The maximum atomic E-state index is 12.8. The van der Waals surface area contributed by atoms with Crippen molar-refractivity contribution in [2.45, 2.75) is 13.0 Å². The summed E-state index contributed by atoms with van der Waals surface area (Å²) in [7, 11) is 0. The molecule has 0 saturated carbocycles. The van der Waals surface area contributed by atoms with Crippen LogP contribution in [0.15, 0.2) is 48.5 Å². The SMILES string of the molecule is C[C@@H](NCC(=O)Nc1ccc(F)cc1)c1ccccc1Cl. The summed E-state index contributed by atoms with van der Waals surface area (Å²) in [5.41, 5.74) is 1.50. The average Bonchev–Trinajstić information content (AvgIpc) is 2.48. The van der Waals surface area contributed by atoms with E-state index < -0.39 is 0 Å². The summed E-state index contributed by atoms with van der Waals surface area (Å²) in [5, 5.41) is 6.45. The molecule has 2 aromatic rings. The molecule has 1 amide bonds. The van der Waals surface area contributed by atoms with E-state index in [1.54, 1.807) is 0 Å². The van der Waals surface area contributed by atoms with Crippen LogP contribution in [0.3, 0.4) is 0 Å². The van der Waals surface area contributed by atoms with E-state index in [2.05, 4.69) is 10.6 Å². The van der Waals surface area contributed by atoms with Crippen LogP contribution in [0.4, 0.5) is 10.1 Å². The van der Waals surface area contributed by atoms with E-state index in [1.807, 2.05) is 31.2 Å². The predicted octanol–water partition coefficient (Wildman–Crippen LogP) is 3.77. The van der Waals surface area contributed by atoms with Gasteiger partial charge >= 0.3 is 0 Å². The first-order valence-electron chi connectivity index (χ1n) is 6.59. The second kappa shape index (κ2) is 7.20. The van der Waals surface area contributed by atoms with Crippen LogP contribution < -0.4 is 10.6 Å². The summed E-state index contributed by atoms with van der Waals surface area (Å²) in [6.07, 6.45) is 0. The number of halogens is 2. The number of rotatable bonds is 5. The van der Waals surface area contributed by atoms with Gasteiger partial charge in [-0.2, -0.15) is 0 Å². The van der Waals surface area contributed by atoms with Crippen molar-refractivity contribution in [2.75, 3.05) is 11.9 Å². The second-order valence-corrected chi connectivity index (χ2v) is 5.09. The third kappa shape index (κ3) is 4.55. The number of nitrogens with one attached hydrogen (secondary N) is 2. The Kier molecular flexibility index (Phi) is 5.31. The van der Waals surface area contributed by atoms with Gasteiger partial charge in [0.15, 0.2) is 0 Å². The van der Waals surface area contributed by atoms with Gasteiger partial charge < -0.3 is 10.6 Å². The molecule has 0 aromatic heterocycles. The van der Waals surface area contributed by atoms with Crippen molar-refractivity contribution in [1.82, 2.24) is 5.32 Å². The van der Waals surface area contributed by atoms with Crippen molar-refractivity contribution in [3.05, 3.63) is 64.9 Å². The lowest BCUT2D eigenvalue weighted by molar-refractivity contribution is -0.115. The molecule has 5 heteroatoms. The number of anilines is 1. The number of amides is 1. The highest BCUT2D eigenvalue weighted by Gasteiger charge is 2.10. The number of carbonyl (C=O) groups excluding carboxylic acids is 1. The molecule has 3 nitrogen and oxygen atoms in total. The largest absolute Gasteiger partial charge is 0.325 e. The summed E-state index contributed by atoms with van der Waals surface area (Å²) in [5.74, 6) is -0.529. The molecule has 0 saturated heterocycles. The zero-order chi connectivity index (χ0) is 15.2. The molecule has 0 spiro atoms. The molecule has 0 radical (unpaired) electrons. The molecule has 2 N–H and O–H groups in total. The van der Waals surface area contributed by atoms with Crippen molar-refractivity contribution < 1.29 is 9.18 Å². The van der Waals surface area contributed by atoms with Gasteiger partial charge in [-0.25, -0.2) is 4.39 Å². The summed E-state index contributed by atoms with van der Waals surface area (Å²) in [6.45, 7) is 2.08. The van der Waals surface area contributed by atoms with Crippen molar-refractivity contribution in [3.8, 4) is 0 Å². The van der Waals surface area contributed by atoms with Crippen molar-refractivity contribution in [2.24, 2.45) is 0 Å². The standard InChI is InChI=1S/C16H16ClFN2O/c1-11(14-4-2-3-5-15(14)17)19-10-16(21)20-13-8-6-12(18)7-9-13/h2-9,11,19H,10H2,1H3,(H,20,21)/t11-/m1/s1. The monoisotopic (exact) mass is 306 g/mol. The Hall–Kier alpha value is -1.91. The Morgan fingerprint density at radius 2 is 1.86 bits per heavy atom. The molecular weight excluding hydrogens is 291 g/mol. The van der Waals surface area contributed by atoms with E-state index in [0.717, 1.165) is 5.56 Å². The smallest absolute Gasteiger partial charge is 0.238 e. The first kappa shape index (κ1) is 15.5. The van der Waals surface area contributed by atoms with Crippen molar-refractivity contribution in [1.29, 1.82) is 0 Å². The Balaban J connectivity index is 1.86. The molecule has 0 aliphatic heterocycles. The molecule has 2 rings (SSSR count). The van der Waals surface area contributed by atoms with E-state index >= 15 is 0 Å². The average molecular weight is 307 g/mol. The molecule has 0 unspecified atom stereocenters. The second-order valence-electron chi connectivity index (χ2n) is 4.68. The number of hydrogen-bond donors (Lipinski definition) is 2. The molecule has 0 fully saturated rings. The van der Waals surface area contributed by atoms with E-state index in [1.165, 1.54) is 24.3 Å². The van der Waals surface area contributed by atoms with Gasteiger partial charge in [-0.3, -0.25) is 4.79 Å². The molecular formula is C16H16ClFN2O. The molecule has 0 bridgehead atoms. The minimum atomic E-state index is -0.335. The maximum Gasteiger partial charge on any atom is 0.238 e. The fraction of sp³-hybridized carbons (Fsp3) is 0.188. The highest BCUT2D eigenvalue weighted by molar-refractivity contribution is 6.31. The summed E-state index contributed by atoms with van der Waals surface area (Å²) in [4.78, 5) is 11.8. The van der Waals surface area contributed by atoms with Gasteiger partial charge in [0.1, 0.15) is 5.82 Å². The minimum Gasteiger partial charge on any atom is -0.325 e. The Labute approximate surface area is 128 Å². The van der Waals surface area contributed by atoms with Crippen molar-refractivity contribution >= 4 is 23.2 Å². The first-order valence-corrected chi connectivity index (χ1v) is 6.97. The van der Waals surface area contributed by atoms with Gasteiger partial charge in [-0.05, 0) is 42.8 Å². The van der Waals surface area contributed by atoms with E-state index in [0.29, 0.717) is 10.7 Å². The summed E-state index contributed by atoms with van der Waals surface area (Å²) >= 11 is 6.10.